The van der Waals surface area contributed by atoms with Gasteiger partial charge in [-0.15, -0.1) is 11.3 Å². The molecule has 0 amide bonds. The Bertz CT molecular complexity index is 813. The Morgan fingerprint density at radius 2 is 2.09 bits per heavy atom. The van der Waals surface area contributed by atoms with Gasteiger partial charge in [0.1, 0.15) is 10.6 Å². The second kappa shape index (κ2) is 6.80. The Kier molecular flexibility index (Phi) is 4.59. The van der Waals surface area contributed by atoms with Crippen LogP contribution in [0, 0.1) is 0 Å². The predicted octanol–water partition coefficient (Wildman–Crippen LogP) is 3.67. The minimum absolute atomic E-state index is 0.140. The van der Waals surface area contributed by atoms with Crippen molar-refractivity contribution < 1.29 is 18.8 Å². The quantitative estimate of drug-likeness (QED) is 0.653. The highest BCUT2D eigenvalue weighted by Gasteiger charge is 2.14. The highest BCUT2D eigenvalue weighted by molar-refractivity contribution is 7.14. The molecule has 0 saturated carbocycles. The maximum atomic E-state index is 11.0. The van der Waals surface area contributed by atoms with E-state index >= 15 is 0 Å². The number of nitrogens with zero attached hydrogens (tertiary/aromatic N) is 2. The molecule has 0 aliphatic rings. The molecule has 0 fully saturated rings. The number of hydrogen-bond donors (Lipinski definition) is 0. The topological polar surface area (TPSA) is 74.5 Å². The van der Waals surface area contributed by atoms with E-state index in [1.807, 2.05) is 5.38 Å². The molecule has 0 bridgehead atoms. The second-order valence-corrected chi connectivity index (χ2v) is 5.73. The molecular formula is C15H11ClN2O4S. The fraction of sp³-hybridized carbons (Fsp3) is 0.133. The number of hydrogen-bond acceptors (Lipinski definition) is 7. The van der Waals surface area contributed by atoms with Crippen LogP contribution in [0.3, 0.4) is 0 Å². The number of thiophene rings is 1. The lowest BCUT2D eigenvalue weighted by molar-refractivity contribution is -0.142. The van der Waals surface area contributed by atoms with Gasteiger partial charge in [0.15, 0.2) is 6.61 Å². The second-order valence-electron chi connectivity index (χ2n) is 4.41. The van der Waals surface area contributed by atoms with Crippen LogP contribution >= 0.6 is 22.9 Å². The van der Waals surface area contributed by atoms with Gasteiger partial charge in [-0.1, -0.05) is 16.8 Å². The van der Waals surface area contributed by atoms with E-state index in [1.54, 1.807) is 30.3 Å². The fourth-order valence-electron chi connectivity index (χ4n) is 1.78. The van der Waals surface area contributed by atoms with Gasteiger partial charge in [0, 0.05) is 5.56 Å². The van der Waals surface area contributed by atoms with E-state index in [9.17, 15) is 4.79 Å². The molecule has 0 spiro atoms. The van der Waals surface area contributed by atoms with Crippen molar-refractivity contribution in [3.05, 3.63) is 40.7 Å². The van der Waals surface area contributed by atoms with Crippen molar-refractivity contribution in [2.24, 2.45) is 0 Å². The Balaban J connectivity index is 1.74. The molecule has 6 nitrogen and oxygen atoms in total. The van der Waals surface area contributed by atoms with Crippen molar-refractivity contribution in [2.45, 2.75) is 0 Å². The molecule has 1 aromatic carbocycles. The van der Waals surface area contributed by atoms with Crippen molar-refractivity contribution in [2.75, 3.05) is 13.7 Å². The van der Waals surface area contributed by atoms with Crippen molar-refractivity contribution in [1.29, 1.82) is 0 Å². The van der Waals surface area contributed by atoms with Gasteiger partial charge < -0.3 is 14.0 Å². The third-order valence-electron chi connectivity index (χ3n) is 2.93. The van der Waals surface area contributed by atoms with Crippen LogP contribution in [0.15, 0.2) is 40.2 Å². The SMILES string of the molecule is COC(=O)COc1ccc(-c2noc(-c3sccc3Cl)n2)cc1. The highest BCUT2D eigenvalue weighted by atomic mass is 35.5. The summed E-state index contributed by atoms with van der Waals surface area (Å²) in [5, 5.41) is 6.38. The molecule has 2 aromatic heterocycles. The summed E-state index contributed by atoms with van der Waals surface area (Å²) in [6.45, 7) is -0.140. The molecule has 0 unspecified atom stereocenters. The molecule has 0 radical (unpaired) electrons. The number of benzene rings is 1. The normalized spacial score (nSPS) is 10.5. The lowest BCUT2D eigenvalue weighted by atomic mass is 10.2. The lowest BCUT2D eigenvalue weighted by Gasteiger charge is -2.04. The molecule has 3 rings (SSSR count). The predicted molar refractivity (Wildman–Crippen MR) is 85.6 cm³/mol. The molecule has 0 aliphatic heterocycles. The van der Waals surface area contributed by atoms with Gasteiger partial charge in [-0.25, -0.2) is 4.79 Å². The van der Waals surface area contributed by atoms with E-state index in [4.69, 9.17) is 20.9 Å². The molecule has 0 saturated heterocycles. The van der Waals surface area contributed by atoms with Crippen LogP contribution in [-0.4, -0.2) is 29.8 Å². The Morgan fingerprint density at radius 3 is 2.74 bits per heavy atom. The summed E-state index contributed by atoms with van der Waals surface area (Å²) in [7, 11) is 1.31. The van der Waals surface area contributed by atoms with Crippen molar-refractivity contribution in [3.8, 4) is 27.9 Å². The number of aromatic nitrogens is 2. The zero-order valence-corrected chi connectivity index (χ0v) is 13.6. The standard InChI is InChI=1S/C15H11ClN2O4S/c1-20-12(19)8-21-10-4-2-9(3-5-10)14-17-15(22-18-14)13-11(16)6-7-23-13/h2-7H,8H2,1H3. The van der Waals surface area contributed by atoms with Gasteiger partial charge in [-0.2, -0.15) is 4.98 Å². The minimum atomic E-state index is -0.440. The molecule has 3 aromatic rings. The first kappa shape index (κ1) is 15.5. The molecular weight excluding hydrogens is 340 g/mol. The van der Waals surface area contributed by atoms with Crippen LogP contribution in [-0.2, 0) is 9.53 Å². The van der Waals surface area contributed by atoms with Crippen LogP contribution in [0.1, 0.15) is 0 Å². The molecule has 0 aliphatic carbocycles. The van der Waals surface area contributed by atoms with Gasteiger partial charge in [0.05, 0.1) is 12.1 Å². The lowest BCUT2D eigenvalue weighted by Crippen LogP contribution is -2.12. The molecule has 118 valence electrons. The van der Waals surface area contributed by atoms with E-state index < -0.39 is 5.97 Å². The average molecular weight is 351 g/mol. The Morgan fingerprint density at radius 1 is 1.30 bits per heavy atom. The van der Waals surface area contributed by atoms with E-state index in [1.165, 1.54) is 18.4 Å². The van der Waals surface area contributed by atoms with Crippen LogP contribution in [0.4, 0.5) is 0 Å². The van der Waals surface area contributed by atoms with Gasteiger partial charge in [0.2, 0.25) is 5.82 Å². The first-order valence-corrected chi connectivity index (χ1v) is 7.80. The maximum absolute atomic E-state index is 11.0. The molecule has 8 heteroatoms. The Hall–Kier alpha value is -2.38. The summed E-state index contributed by atoms with van der Waals surface area (Å²) in [4.78, 5) is 16.1. The molecule has 2 heterocycles. The number of methoxy groups -OCH3 is 1. The Labute approximate surface area is 140 Å². The van der Waals surface area contributed by atoms with E-state index in [2.05, 4.69) is 14.9 Å². The van der Waals surface area contributed by atoms with E-state index in [0.29, 0.717) is 22.5 Å². The summed E-state index contributed by atoms with van der Waals surface area (Å²) in [5.41, 5.74) is 0.762. The fourth-order valence-corrected chi connectivity index (χ4v) is 2.84. The average Bonchev–Trinajstić information content (AvgIpc) is 3.21. The zero-order chi connectivity index (χ0) is 16.2. The van der Waals surface area contributed by atoms with Gasteiger partial charge >= 0.3 is 5.97 Å². The third-order valence-corrected chi connectivity index (χ3v) is 4.26. The summed E-state index contributed by atoms with van der Waals surface area (Å²) in [5.74, 6) is 0.934. The van der Waals surface area contributed by atoms with Crippen molar-refractivity contribution in [1.82, 2.24) is 10.1 Å². The van der Waals surface area contributed by atoms with Crippen LogP contribution in [0.2, 0.25) is 5.02 Å². The largest absolute Gasteiger partial charge is 0.482 e. The summed E-state index contributed by atoms with van der Waals surface area (Å²) in [6, 6.07) is 8.76. The number of rotatable bonds is 5. The van der Waals surface area contributed by atoms with Crippen molar-refractivity contribution >= 4 is 28.9 Å². The van der Waals surface area contributed by atoms with Crippen LogP contribution in [0.5, 0.6) is 5.75 Å². The molecule has 0 atom stereocenters. The van der Waals surface area contributed by atoms with Crippen LogP contribution < -0.4 is 4.74 Å². The maximum Gasteiger partial charge on any atom is 0.343 e. The number of esters is 1. The molecule has 0 N–H and O–H groups in total. The summed E-state index contributed by atoms with van der Waals surface area (Å²) >= 11 is 7.48. The highest BCUT2D eigenvalue weighted by Crippen LogP contribution is 2.33. The molecule has 23 heavy (non-hydrogen) atoms. The van der Waals surface area contributed by atoms with E-state index in [0.717, 1.165) is 10.4 Å². The van der Waals surface area contributed by atoms with Crippen molar-refractivity contribution in [3.63, 3.8) is 0 Å². The number of carbonyl (C=O) groups is 1. The first-order valence-electron chi connectivity index (χ1n) is 6.54. The van der Waals surface area contributed by atoms with E-state index in [-0.39, 0.29) is 6.61 Å². The number of ether oxygens (including phenoxy) is 2. The summed E-state index contributed by atoms with van der Waals surface area (Å²) in [6.07, 6.45) is 0. The van der Waals surface area contributed by atoms with Gasteiger partial charge in [-0.05, 0) is 35.7 Å². The minimum Gasteiger partial charge on any atom is -0.482 e. The van der Waals surface area contributed by atoms with Crippen LogP contribution in [0.25, 0.3) is 22.2 Å². The summed E-state index contributed by atoms with van der Waals surface area (Å²) < 4.78 is 15.0. The first-order chi connectivity index (χ1) is 11.2. The smallest absolute Gasteiger partial charge is 0.343 e. The number of carbonyl (C=O) groups excluding carboxylic acids is 1. The van der Waals surface area contributed by atoms with Gasteiger partial charge in [-0.3, -0.25) is 0 Å². The number of halogens is 1. The van der Waals surface area contributed by atoms with Gasteiger partial charge in [0.25, 0.3) is 5.89 Å². The zero-order valence-electron chi connectivity index (χ0n) is 12.0. The third kappa shape index (κ3) is 3.52. The monoisotopic (exact) mass is 350 g/mol.